The van der Waals surface area contributed by atoms with Crippen LogP contribution in [0.2, 0.25) is 0 Å². The predicted octanol–water partition coefficient (Wildman–Crippen LogP) is 5.11. The molecule has 0 saturated heterocycles. The number of rotatable bonds is 6. The number of nitro groups is 1. The summed E-state index contributed by atoms with van der Waals surface area (Å²) in [5.41, 5.74) is 0.675. The van der Waals surface area contributed by atoms with E-state index in [1.807, 2.05) is 37.3 Å². The molecule has 3 aromatic rings. The van der Waals surface area contributed by atoms with Crippen molar-refractivity contribution < 1.29 is 9.66 Å². The number of aromatic nitrogens is 2. The van der Waals surface area contributed by atoms with Crippen LogP contribution in [0.25, 0.3) is 0 Å². The molecule has 1 unspecified atom stereocenters. The number of ether oxygens (including phenoxy) is 1. The third-order valence-corrected chi connectivity index (χ3v) is 4.18. The quantitative estimate of drug-likeness (QED) is 0.444. The van der Waals surface area contributed by atoms with Crippen molar-refractivity contribution in [1.29, 1.82) is 0 Å². The molecule has 7 nitrogen and oxygen atoms in total. The summed E-state index contributed by atoms with van der Waals surface area (Å²) in [6.07, 6.45) is 1.24. The Morgan fingerprint density at radius 3 is 2.46 bits per heavy atom. The molecule has 0 amide bonds. The summed E-state index contributed by atoms with van der Waals surface area (Å²) in [4.78, 5) is 19.0. The average Bonchev–Trinajstić information content (AvgIpc) is 2.64. The van der Waals surface area contributed by atoms with Crippen LogP contribution in [-0.2, 0) is 0 Å². The Morgan fingerprint density at radius 1 is 1.12 bits per heavy atom. The molecule has 0 aliphatic carbocycles. The average molecular weight is 415 g/mol. The van der Waals surface area contributed by atoms with Crippen molar-refractivity contribution in [3.8, 4) is 11.6 Å². The molecule has 1 N–H and O–H groups in total. The zero-order chi connectivity index (χ0) is 18.5. The summed E-state index contributed by atoms with van der Waals surface area (Å²) in [6.45, 7) is 1.90. The highest BCUT2D eigenvalue weighted by Gasteiger charge is 2.26. The van der Waals surface area contributed by atoms with Crippen molar-refractivity contribution in [2.24, 2.45) is 0 Å². The van der Waals surface area contributed by atoms with Gasteiger partial charge in [0.25, 0.3) is 0 Å². The van der Waals surface area contributed by atoms with Crippen LogP contribution in [0.3, 0.4) is 0 Å². The Bertz CT molecular complexity index is 904. The molecule has 0 spiro atoms. The summed E-state index contributed by atoms with van der Waals surface area (Å²) < 4.78 is 6.48. The first-order chi connectivity index (χ1) is 12.5. The second kappa shape index (κ2) is 7.92. The van der Waals surface area contributed by atoms with E-state index < -0.39 is 4.92 Å². The summed E-state index contributed by atoms with van der Waals surface area (Å²) in [5, 5.41) is 14.7. The molecule has 2 aromatic carbocycles. The second-order valence-corrected chi connectivity index (χ2v) is 6.38. The number of halogens is 1. The maximum Gasteiger partial charge on any atom is 0.373 e. The van der Waals surface area contributed by atoms with Gasteiger partial charge in [-0.2, -0.15) is 4.98 Å². The minimum Gasteiger partial charge on any atom is -0.434 e. The molecule has 26 heavy (non-hydrogen) atoms. The normalized spacial score (nSPS) is 11.6. The Morgan fingerprint density at radius 2 is 1.81 bits per heavy atom. The van der Waals surface area contributed by atoms with Gasteiger partial charge < -0.3 is 10.1 Å². The first kappa shape index (κ1) is 17.8. The molecule has 3 rings (SSSR count). The van der Waals surface area contributed by atoms with Gasteiger partial charge in [-0.1, -0.05) is 46.3 Å². The lowest BCUT2D eigenvalue weighted by Crippen LogP contribution is -2.11. The highest BCUT2D eigenvalue weighted by atomic mass is 79.9. The van der Waals surface area contributed by atoms with Crippen molar-refractivity contribution in [3.63, 3.8) is 0 Å². The topological polar surface area (TPSA) is 90.2 Å². The van der Waals surface area contributed by atoms with Crippen LogP contribution in [-0.4, -0.2) is 14.9 Å². The molecule has 0 saturated carbocycles. The fraction of sp³-hybridized carbons (Fsp3) is 0.111. The first-order valence-electron chi connectivity index (χ1n) is 7.79. The summed E-state index contributed by atoms with van der Waals surface area (Å²) in [7, 11) is 0. The molecule has 1 heterocycles. The summed E-state index contributed by atoms with van der Waals surface area (Å²) >= 11 is 3.33. The fourth-order valence-corrected chi connectivity index (χ4v) is 2.62. The van der Waals surface area contributed by atoms with Crippen molar-refractivity contribution in [2.45, 2.75) is 13.0 Å². The minimum atomic E-state index is -0.547. The molecule has 1 aromatic heterocycles. The van der Waals surface area contributed by atoms with Crippen LogP contribution in [0, 0.1) is 10.1 Å². The molecule has 132 valence electrons. The molecule has 0 fully saturated rings. The van der Waals surface area contributed by atoms with Gasteiger partial charge in [0.2, 0.25) is 5.82 Å². The predicted molar refractivity (Wildman–Crippen MR) is 101 cm³/mol. The van der Waals surface area contributed by atoms with Crippen LogP contribution in [0.1, 0.15) is 18.5 Å². The van der Waals surface area contributed by atoms with Gasteiger partial charge in [-0.15, -0.1) is 0 Å². The number of hydrogen-bond donors (Lipinski definition) is 1. The van der Waals surface area contributed by atoms with Crippen LogP contribution in [0.15, 0.2) is 65.4 Å². The molecule has 8 heteroatoms. The summed E-state index contributed by atoms with van der Waals surface area (Å²) in [5.74, 6) is 0.431. The first-order valence-corrected chi connectivity index (χ1v) is 8.58. The van der Waals surface area contributed by atoms with Gasteiger partial charge in [-0.05, 0) is 36.8 Å². The zero-order valence-electron chi connectivity index (χ0n) is 13.8. The van der Waals surface area contributed by atoms with Crippen molar-refractivity contribution in [2.75, 3.05) is 5.32 Å². The molecule has 0 aliphatic heterocycles. The van der Waals surface area contributed by atoms with E-state index in [2.05, 4.69) is 31.2 Å². The molecule has 1 atom stereocenters. The van der Waals surface area contributed by atoms with Gasteiger partial charge in [-0.3, -0.25) is 10.1 Å². The number of hydrogen-bond acceptors (Lipinski definition) is 6. The second-order valence-electron chi connectivity index (χ2n) is 5.47. The Labute approximate surface area is 158 Å². The standard InChI is InChI=1S/C18H15BrN4O3/c1-12(13-5-3-2-4-6-13)22-17-16(23(24)25)18(21-11-20-17)26-15-9-7-14(19)8-10-15/h2-12H,1H3,(H,20,21,22). The number of nitrogens with zero attached hydrogens (tertiary/aromatic N) is 3. The molecular weight excluding hydrogens is 400 g/mol. The number of benzene rings is 2. The third kappa shape index (κ3) is 4.15. The number of nitrogens with one attached hydrogen (secondary N) is 1. The van der Waals surface area contributed by atoms with Crippen molar-refractivity contribution >= 4 is 27.4 Å². The van der Waals surface area contributed by atoms with E-state index in [0.717, 1.165) is 10.0 Å². The van der Waals surface area contributed by atoms with Crippen LogP contribution < -0.4 is 10.1 Å². The molecular formula is C18H15BrN4O3. The van der Waals surface area contributed by atoms with Crippen molar-refractivity contribution in [1.82, 2.24) is 9.97 Å². The van der Waals surface area contributed by atoms with E-state index >= 15 is 0 Å². The monoisotopic (exact) mass is 414 g/mol. The smallest absolute Gasteiger partial charge is 0.373 e. The van der Waals surface area contributed by atoms with Gasteiger partial charge in [0, 0.05) is 4.47 Å². The van der Waals surface area contributed by atoms with Gasteiger partial charge in [0.15, 0.2) is 0 Å². The highest BCUT2D eigenvalue weighted by molar-refractivity contribution is 9.10. The Kier molecular flexibility index (Phi) is 5.43. The van der Waals surface area contributed by atoms with E-state index in [4.69, 9.17) is 4.74 Å². The lowest BCUT2D eigenvalue weighted by Gasteiger charge is -2.15. The van der Waals surface area contributed by atoms with Gasteiger partial charge in [-0.25, -0.2) is 4.98 Å². The highest BCUT2D eigenvalue weighted by Crippen LogP contribution is 2.35. The van der Waals surface area contributed by atoms with E-state index in [1.165, 1.54) is 6.33 Å². The lowest BCUT2D eigenvalue weighted by atomic mass is 10.1. The lowest BCUT2D eigenvalue weighted by molar-refractivity contribution is -0.385. The molecule has 0 bridgehead atoms. The summed E-state index contributed by atoms with van der Waals surface area (Å²) in [6, 6.07) is 16.4. The maximum absolute atomic E-state index is 11.6. The largest absolute Gasteiger partial charge is 0.434 e. The SMILES string of the molecule is CC(Nc1ncnc(Oc2ccc(Br)cc2)c1[N+](=O)[O-])c1ccccc1. The van der Waals surface area contributed by atoms with Crippen LogP contribution in [0.5, 0.6) is 11.6 Å². The Hall–Kier alpha value is -3.00. The van der Waals surface area contributed by atoms with Gasteiger partial charge >= 0.3 is 11.6 Å². The maximum atomic E-state index is 11.6. The van der Waals surface area contributed by atoms with E-state index in [9.17, 15) is 10.1 Å². The van der Waals surface area contributed by atoms with E-state index in [-0.39, 0.29) is 23.4 Å². The minimum absolute atomic E-state index is 0.105. The van der Waals surface area contributed by atoms with Crippen LogP contribution >= 0.6 is 15.9 Å². The third-order valence-electron chi connectivity index (χ3n) is 3.65. The molecule has 0 aliphatic rings. The Balaban J connectivity index is 1.91. The van der Waals surface area contributed by atoms with E-state index in [0.29, 0.717) is 5.75 Å². The number of anilines is 1. The van der Waals surface area contributed by atoms with Crippen LogP contribution in [0.4, 0.5) is 11.5 Å². The zero-order valence-corrected chi connectivity index (χ0v) is 15.4. The fourth-order valence-electron chi connectivity index (χ4n) is 2.35. The van der Waals surface area contributed by atoms with Crippen molar-refractivity contribution in [3.05, 3.63) is 81.1 Å². The van der Waals surface area contributed by atoms with E-state index in [1.54, 1.807) is 24.3 Å². The molecule has 0 radical (unpaired) electrons. The van der Waals surface area contributed by atoms with Gasteiger partial charge in [0.1, 0.15) is 12.1 Å². The van der Waals surface area contributed by atoms with Gasteiger partial charge in [0.05, 0.1) is 11.0 Å².